The van der Waals surface area contributed by atoms with Crippen molar-refractivity contribution in [2.75, 3.05) is 6.26 Å². The molecule has 1 rings (SSSR count). The van der Waals surface area contributed by atoms with Gasteiger partial charge in [-0.05, 0) is 18.1 Å². The van der Waals surface area contributed by atoms with Crippen LogP contribution in [0.1, 0.15) is 5.56 Å². The van der Waals surface area contributed by atoms with E-state index in [9.17, 15) is 13.2 Å². The van der Waals surface area contributed by atoms with Crippen LogP contribution < -0.4 is 5.73 Å². The van der Waals surface area contributed by atoms with E-state index in [4.69, 9.17) is 10.8 Å². The first-order valence-corrected chi connectivity index (χ1v) is 6.32. The van der Waals surface area contributed by atoms with Crippen LogP contribution in [0.5, 0.6) is 0 Å². The van der Waals surface area contributed by atoms with E-state index in [0.29, 0.717) is 5.56 Å². The molecular formula is C9H12N2O4S. The van der Waals surface area contributed by atoms with Crippen molar-refractivity contribution in [3.8, 4) is 0 Å². The maximum absolute atomic E-state index is 11.2. The van der Waals surface area contributed by atoms with Gasteiger partial charge < -0.3 is 10.8 Å². The zero-order chi connectivity index (χ0) is 12.3. The minimum Gasteiger partial charge on any atom is -0.480 e. The number of aliphatic carboxylic acids is 1. The van der Waals surface area contributed by atoms with Crippen LogP contribution in [0, 0.1) is 0 Å². The SMILES string of the molecule is CS(=O)(=O)c1cncc(C[C@H](N)C(=O)O)c1. The van der Waals surface area contributed by atoms with Crippen LogP contribution in [0.15, 0.2) is 23.4 Å². The number of nitrogens with two attached hydrogens (primary N) is 1. The van der Waals surface area contributed by atoms with Gasteiger partial charge in [0.25, 0.3) is 0 Å². The molecule has 7 heteroatoms. The molecule has 0 fully saturated rings. The van der Waals surface area contributed by atoms with Gasteiger partial charge in [0.15, 0.2) is 9.84 Å². The summed E-state index contributed by atoms with van der Waals surface area (Å²) < 4.78 is 22.4. The molecular weight excluding hydrogens is 232 g/mol. The Bertz CT molecular complexity index is 498. The van der Waals surface area contributed by atoms with E-state index in [1.807, 2.05) is 0 Å². The molecule has 0 bridgehead atoms. The normalized spacial score (nSPS) is 13.4. The summed E-state index contributed by atoms with van der Waals surface area (Å²) in [5.74, 6) is -1.13. The number of hydrogen-bond donors (Lipinski definition) is 2. The van der Waals surface area contributed by atoms with Gasteiger partial charge in [-0.2, -0.15) is 0 Å². The molecule has 1 aromatic heterocycles. The molecule has 0 amide bonds. The highest BCUT2D eigenvalue weighted by molar-refractivity contribution is 7.90. The minimum absolute atomic E-state index is 0.0473. The number of carbonyl (C=O) groups is 1. The topological polar surface area (TPSA) is 110 Å². The van der Waals surface area contributed by atoms with Crippen molar-refractivity contribution in [1.82, 2.24) is 4.98 Å². The quantitative estimate of drug-likeness (QED) is 0.734. The fourth-order valence-corrected chi connectivity index (χ4v) is 1.74. The van der Waals surface area contributed by atoms with Gasteiger partial charge in [-0.15, -0.1) is 0 Å². The Hall–Kier alpha value is -1.47. The second kappa shape index (κ2) is 4.58. The molecule has 0 saturated heterocycles. The fraction of sp³-hybridized carbons (Fsp3) is 0.333. The lowest BCUT2D eigenvalue weighted by Crippen LogP contribution is -2.32. The molecule has 3 N–H and O–H groups in total. The number of aromatic nitrogens is 1. The Morgan fingerprint density at radius 3 is 2.69 bits per heavy atom. The largest absolute Gasteiger partial charge is 0.480 e. The van der Waals surface area contributed by atoms with Crippen LogP contribution >= 0.6 is 0 Å². The van der Waals surface area contributed by atoms with E-state index in [-0.39, 0.29) is 11.3 Å². The molecule has 0 saturated carbocycles. The summed E-state index contributed by atoms with van der Waals surface area (Å²) in [4.78, 5) is 14.3. The highest BCUT2D eigenvalue weighted by Gasteiger charge is 2.14. The molecule has 0 aliphatic heterocycles. The number of rotatable bonds is 4. The molecule has 0 aromatic carbocycles. The van der Waals surface area contributed by atoms with E-state index in [1.165, 1.54) is 18.5 Å². The van der Waals surface area contributed by atoms with Crippen LogP contribution in [0.2, 0.25) is 0 Å². The molecule has 1 aromatic rings. The van der Waals surface area contributed by atoms with Crippen molar-refractivity contribution in [3.05, 3.63) is 24.0 Å². The van der Waals surface area contributed by atoms with Crippen LogP contribution in [0.25, 0.3) is 0 Å². The van der Waals surface area contributed by atoms with Crippen molar-refractivity contribution in [2.24, 2.45) is 5.73 Å². The molecule has 16 heavy (non-hydrogen) atoms. The number of carboxylic acids is 1. The zero-order valence-electron chi connectivity index (χ0n) is 8.62. The van der Waals surface area contributed by atoms with Gasteiger partial charge in [0.05, 0.1) is 4.90 Å². The zero-order valence-corrected chi connectivity index (χ0v) is 9.44. The van der Waals surface area contributed by atoms with Gasteiger partial charge in [0, 0.05) is 18.6 Å². The molecule has 0 unspecified atom stereocenters. The van der Waals surface area contributed by atoms with Crippen molar-refractivity contribution in [3.63, 3.8) is 0 Å². The standard InChI is InChI=1S/C9H12N2O4S/c1-16(14,15)7-2-6(4-11-5-7)3-8(10)9(12)13/h2,4-5,8H,3,10H2,1H3,(H,12,13)/t8-/m0/s1. The summed E-state index contributed by atoms with van der Waals surface area (Å²) in [6, 6.07) is 0.321. The second-order valence-electron chi connectivity index (χ2n) is 3.45. The number of hydrogen-bond acceptors (Lipinski definition) is 5. The van der Waals surface area contributed by atoms with Gasteiger partial charge in [-0.25, -0.2) is 8.42 Å². The van der Waals surface area contributed by atoms with E-state index >= 15 is 0 Å². The third-order valence-electron chi connectivity index (χ3n) is 1.97. The minimum atomic E-state index is -3.33. The first-order valence-electron chi connectivity index (χ1n) is 4.43. The van der Waals surface area contributed by atoms with Crippen molar-refractivity contribution >= 4 is 15.8 Å². The molecule has 6 nitrogen and oxygen atoms in total. The lowest BCUT2D eigenvalue weighted by atomic mass is 10.1. The van der Waals surface area contributed by atoms with Gasteiger partial charge >= 0.3 is 5.97 Å². The average molecular weight is 244 g/mol. The predicted octanol–water partition coefficient (Wildman–Crippen LogP) is -0.560. The molecule has 0 spiro atoms. The predicted molar refractivity (Wildman–Crippen MR) is 56.7 cm³/mol. The first-order chi connectivity index (χ1) is 7.30. The average Bonchev–Trinajstić information content (AvgIpc) is 2.16. The van der Waals surface area contributed by atoms with E-state index in [1.54, 1.807) is 0 Å². The first kappa shape index (κ1) is 12.6. The smallest absolute Gasteiger partial charge is 0.320 e. The molecule has 0 radical (unpaired) electrons. The van der Waals surface area contributed by atoms with Crippen molar-refractivity contribution in [1.29, 1.82) is 0 Å². The summed E-state index contributed by atoms with van der Waals surface area (Å²) in [5.41, 5.74) is 5.81. The van der Waals surface area contributed by atoms with Crippen LogP contribution in [-0.4, -0.2) is 36.8 Å². The van der Waals surface area contributed by atoms with Gasteiger partial charge in [-0.1, -0.05) is 0 Å². The Balaban J connectivity index is 2.96. The van der Waals surface area contributed by atoms with Gasteiger partial charge in [0.2, 0.25) is 0 Å². The van der Waals surface area contributed by atoms with Crippen LogP contribution in [-0.2, 0) is 21.1 Å². The molecule has 1 heterocycles. The molecule has 1 atom stereocenters. The second-order valence-corrected chi connectivity index (χ2v) is 5.47. The third kappa shape index (κ3) is 3.28. The third-order valence-corrected chi connectivity index (χ3v) is 3.05. The van der Waals surface area contributed by atoms with E-state index in [0.717, 1.165) is 6.26 Å². The maximum atomic E-state index is 11.2. The Morgan fingerprint density at radius 1 is 1.56 bits per heavy atom. The van der Waals surface area contributed by atoms with Crippen molar-refractivity contribution in [2.45, 2.75) is 17.4 Å². The number of pyridine rings is 1. The number of nitrogens with zero attached hydrogens (tertiary/aromatic N) is 1. The van der Waals surface area contributed by atoms with E-state index in [2.05, 4.69) is 4.98 Å². The van der Waals surface area contributed by atoms with Crippen LogP contribution in [0.3, 0.4) is 0 Å². The number of sulfone groups is 1. The van der Waals surface area contributed by atoms with E-state index < -0.39 is 21.8 Å². The molecule has 88 valence electrons. The summed E-state index contributed by atoms with van der Waals surface area (Å²) in [5, 5.41) is 8.61. The Labute approximate surface area is 93.0 Å². The lowest BCUT2D eigenvalue weighted by Gasteiger charge is -2.06. The molecule has 0 aliphatic carbocycles. The Morgan fingerprint density at radius 2 is 2.19 bits per heavy atom. The fourth-order valence-electron chi connectivity index (χ4n) is 1.12. The summed E-state index contributed by atoms with van der Waals surface area (Å²) >= 11 is 0. The van der Waals surface area contributed by atoms with Crippen molar-refractivity contribution < 1.29 is 18.3 Å². The van der Waals surface area contributed by atoms with Gasteiger partial charge in [0.1, 0.15) is 6.04 Å². The number of carboxylic acid groups (broad SMARTS) is 1. The van der Waals surface area contributed by atoms with Crippen LogP contribution in [0.4, 0.5) is 0 Å². The summed E-state index contributed by atoms with van der Waals surface area (Å²) in [7, 11) is -3.33. The monoisotopic (exact) mass is 244 g/mol. The highest BCUT2D eigenvalue weighted by atomic mass is 32.2. The summed E-state index contributed by atoms with van der Waals surface area (Å²) in [6.07, 6.45) is 3.72. The van der Waals surface area contributed by atoms with Gasteiger partial charge in [-0.3, -0.25) is 9.78 Å². The maximum Gasteiger partial charge on any atom is 0.320 e. The molecule has 0 aliphatic rings. The Kier molecular flexibility index (Phi) is 3.61. The highest BCUT2D eigenvalue weighted by Crippen LogP contribution is 2.10. The summed E-state index contributed by atoms with van der Waals surface area (Å²) in [6.45, 7) is 0. The lowest BCUT2D eigenvalue weighted by molar-refractivity contribution is -0.138.